The van der Waals surface area contributed by atoms with Crippen molar-refractivity contribution in [3.63, 3.8) is 0 Å². The van der Waals surface area contributed by atoms with Gasteiger partial charge in [0.1, 0.15) is 0 Å². The van der Waals surface area contributed by atoms with Crippen LogP contribution in [0.5, 0.6) is 0 Å². The van der Waals surface area contributed by atoms with Crippen molar-refractivity contribution in [1.82, 2.24) is 19.6 Å². The van der Waals surface area contributed by atoms with Crippen LogP contribution < -0.4 is 16.2 Å². The third-order valence-corrected chi connectivity index (χ3v) is 3.77. The van der Waals surface area contributed by atoms with Crippen LogP contribution in [0.1, 0.15) is 19.3 Å². The summed E-state index contributed by atoms with van der Waals surface area (Å²) in [6.07, 6.45) is 8.76. The Bertz CT molecular complexity index is 655. The quantitative estimate of drug-likeness (QED) is 0.896. The van der Waals surface area contributed by atoms with E-state index in [1.807, 2.05) is 0 Å². The third-order valence-electron chi connectivity index (χ3n) is 3.77. The normalized spacial score (nSPS) is 15.3. The second kappa shape index (κ2) is 5.99. The van der Waals surface area contributed by atoms with Gasteiger partial charge in [-0.15, -0.1) is 0 Å². The lowest BCUT2D eigenvalue weighted by Gasteiger charge is -2.28. The molecule has 0 aliphatic carbocycles. The summed E-state index contributed by atoms with van der Waals surface area (Å²) in [5.41, 5.74) is 7.09. The highest BCUT2D eigenvalue weighted by molar-refractivity contribution is 5.43. The second-order valence-electron chi connectivity index (χ2n) is 5.36. The van der Waals surface area contributed by atoms with Crippen LogP contribution in [0.2, 0.25) is 0 Å². The maximum atomic E-state index is 12.1. The molecule has 0 bridgehead atoms. The predicted octanol–water partition coefficient (Wildman–Crippen LogP) is 0.712. The SMILES string of the molecule is Nc1cnn(CCn2ncc(N3CCCCC3)cc2=O)c1. The Labute approximate surface area is 123 Å². The Morgan fingerprint density at radius 1 is 1.10 bits per heavy atom. The van der Waals surface area contributed by atoms with Crippen LogP contribution in [0.4, 0.5) is 11.4 Å². The predicted molar refractivity (Wildman–Crippen MR) is 81.2 cm³/mol. The summed E-state index contributed by atoms with van der Waals surface area (Å²) in [4.78, 5) is 14.4. The van der Waals surface area contributed by atoms with Crippen molar-refractivity contribution in [3.8, 4) is 0 Å². The van der Waals surface area contributed by atoms with Crippen molar-refractivity contribution in [2.24, 2.45) is 0 Å². The van der Waals surface area contributed by atoms with Gasteiger partial charge in [0.25, 0.3) is 5.56 Å². The number of nitrogens with two attached hydrogens (primary N) is 1. The van der Waals surface area contributed by atoms with Gasteiger partial charge < -0.3 is 10.6 Å². The molecule has 1 aliphatic rings. The van der Waals surface area contributed by atoms with Crippen LogP contribution >= 0.6 is 0 Å². The Kier molecular flexibility index (Phi) is 3.89. The molecule has 2 aromatic rings. The van der Waals surface area contributed by atoms with Crippen molar-refractivity contribution in [1.29, 1.82) is 0 Å². The largest absolute Gasteiger partial charge is 0.396 e. The molecular weight excluding hydrogens is 268 g/mol. The van der Waals surface area contributed by atoms with Crippen LogP contribution in [0.15, 0.2) is 29.5 Å². The molecule has 0 unspecified atom stereocenters. The second-order valence-corrected chi connectivity index (χ2v) is 5.36. The van der Waals surface area contributed by atoms with Gasteiger partial charge >= 0.3 is 0 Å². The fraction of sp³-hybridized carbons (Fsp3) is 0.500. The highest BCUT2D eigenvalue weighted by Crippen LogP contribution is 2.16. The number of nitrogen functional groups attached to an aromatic ring is 1. The summed E-state index contributed by atoms with van der Waals surface area (Å²) < 4.78 is 3.17. The van der Waals surface area contributed by atoms with Gasteiger partial charge in [-0.3, -0.25) is 9.48 Å². The van der Waals surface area contributed by atoms with E-state index in [1.54, 1.807) is 29.3 Å². The van der Waals surface area contributed by atoms with E-state index < -0.39 is 0 Å². The van der Waals surface area contributed by atoms with Gasteiger partial charge in [-0.05, 0) is 19.3 Å². The summed E-state index contributed by atoms with van der Waals surface area (Å²) in [5, 5.41) is 8.36. The first kappa shape index (κ1) is 13.7. The molecule has 112 valence electrons. The van der Waals surface area contributed by atoms with Crippen LogP contribution in [0.3, 0.4) is 0 Å². The first-order chi connectivity index (χ1) is 10.2. The molecule has 3 heterocycles. The fourth-order valence-electron chi connectivity index (χ4n) is 2.62. The van der Waals surface area contributed by atoms with Crippen molar-refractivity contribution >= 4 is 11.4 Å². The van der Waals surface area contributed by atoms with E-state index in [1.165, 1.54) is 23.9 Å². The van der Waals surface area contributed by atoms with Gasteiger partial charge in [-0.25, -0.2) is 4.68 Å². The number of aromatic nitrogens is 4. The average Bonchev–Trinajstić information content (AvgIpc) is 2.92. The Balaban J connectivity index is 1.67. The molecule has 0 spiro atoms. The standard InChI is InChI=1S/C14H20N6O/c15-12-9-16-19(11-12)6-7-20-14(21)8-13(10-17-20)18-4-2-1-3-5-18/h8-11H,1-7,15H2. The molecule has 0 aromatic carbocycles. The zero-order chi connectivity index (χ0) is 14.7. The molecule has 1 fully saturated rings. The molecular formula is C14H20N6O. The van der Waals surface area contributed by atoms with E-state index in [9.17, 15) is 4.79 Å². The number of nitrogens with zero attached hydrogens (tertiary/aromatic N) is 5. The minimum atomic E-state index is -0.0711. The van der Waals surface area contributed by atoms with Gasteiger partial charge in [-0.1, -0.05) is 0 Å². The molecule has 7 nitrogen and oxygen atoms in total. The van der Waals surface area contributed by atoms with Crippen molar-refractivity contribution in [3.05, 3.63) is 35.0 Å². The lowest BCUT2D eigenvalue weighted by molar-refractivity contribution is 0.481. The first-order valence-corrected chi connectivity index (χ1v) is 7.32. The Hall–Kier alpha value is -2.31. The third kappa shape index (κ3) is 3.24. The zero-order valence-electron chi connectivity index (χ0n) is 12.0. The average molecular weight is 288 g/mol. The van der Waals surface area contributed by atoms with E-state index in [4.69, 9.17) is 5.73 Å². The van der Waals surface area contributed by atoms with E-state index in [0.29, 0.717) is 18.8 Å². The zero-order valence-corrected chi connectivity index (χ0v) is 12.0. The number of anilines is 2. The smallest absolute Gasteiger partial charge is 0.268 e. The van der Waals surface area contributed by atoms with Crippen molar-refractivity contribution in [2.45, 2.75) is 32.4 Å². The molecule has 7 heteroatoms. The van der Waals surface area contributed by atoms with E-state index in [-0.39, 0.29) is 5.56 Å². The molecule has 0 saturated carbocycles. The van der Waals surface area contributed by atoms with Crippen LogP contribution in [-0.2, 0) is 13.1 Å². The molecule has 1 saturated heterocycles. The summed E-state index contributed by atoms with van der Waals surface area (Å²) in [6.45, 7) is 3.09. The molecule has 0 radical (unpaired) electrons. The van der Waals surface area contributed by atoms with Crippen molar-refractivity contribution < 1.29 is 0 Å². The molecule has 2 N–H and O–H groups in total. The van der Waals surface area contributed by atoms with Gasteiger partial charge in [0.2, 0.25) is 0 Å². The molecule has 21 heavy (non-hydrogen) atoms. The summed E-state index contributed by atoms with van der Waals surface area (Å²) >= 11 is 0. The van der Waals surface area contributed by atoms with E-state index >= 15 is 0 Å². The van der Waals surface area contributed by atoms with E-state index in [0.717, 1.165) is 18.8 Å². The van der Waals surface area contributed by atoms with Crippen molar-refractivity contribution in [2.75, 3.05) is 23.7 Å². The highest BCUT2D eigenvalue weighted by atomic mass is 16.1. The van der Waals surface area contributed by atoms with Gasteiger partial charge in [-0.2, -0.15) is 10.2 Å². The number of hydrogen-bond donors (Lipinski definition) is 1. The summed E-state index contributed by atoms with van der Waals surface area (Å²) in [7, 11) is 0. The van der Waals surface area contributed by atoms with E-state index in [2.05, 4.69) is 15.1 Å². The molecule has 3 rings (SSSR count). The van der Waals surface area contributed by atoms with Crippen LogP contribution in [-0.4, -0.2) is 32.7 Å². The molecule has 2 aromatic heterocycles. The minimum Gasteiger partial charge on any atom is -0.396 e. The molecule has 0 atom stereocenters. The first-order valence-electron chi connectivity index (χ1n) is 7.32. The lowest BCUT2D eigenvalue weighted by Crippen LogP contribution is -2.32. The van der Waals surface area contributed by atoms with Gasteiger partial charge in [0.15, 0.2) is 0 Å². The fourth-order valence-corrected chi connectivity index (χ4v) is 2.62. The summed E-state index contributed by atoms with van der Waals surface area (Å²) in [6, 6.07) is 1.68. The number of piperidine rings is 1. The van der Waals surface area contributed by atoms with Crippen LogP contribution in [0.25, 0.3) is 0 Å². The molecule has 1 aliphatic heterocycles. The maximum Gasteiger partial charge on any atom is 0.268 e. The number of rotatable bonds is 4. The minimum absolute atomic E-state index is 0.0711. The van der Waals surface area contributed by atoms with Gasteiger partial charge in [0, 0.05) is 25.4 Å². The number of hydrogen-bond acceptors (Lipinski definition) is 5. The maximum absolute atomic E-state index is 12.1. The highest BCUT2D eigenvalue weighted by Gasteiger charge is 2.12. The Morgan fingerprint density at radius 2 is 1.90 bits per heavy atom. The molecule has 0 amide bonds. The Morgan fingerprint density at radius 3 is 2.57 bits per heavy atom. The lowest BCUT2D eigenvalue weighted by atomic mass is 10.1. The van der Waals surface area contributed by atoms with Crippen LogP contribution in [0, 0.1) is 0 Å². The topological polar surface area (TPSA) is 82.0 Å². The van der Waals surface area contributed by atoms with Gasteiger partial charge in [0.05, 0.1) is 36.9 Å². The monoisotopic (exact) mass is 288 g/mol. The number of aryl methyl sites for hydroxylation is 2. The summed E-state index contributed by atoms with van der Waals surface area (Å²) in [5.74, 6) is 0.